The second kappa shape index (κ2) is 6.18. The lowest BCUT2D eigenvalue weighted by atomic mass is 10.2. The molecule has 0 heterocycles. The van der Waals surface area contributed by atoms with E-state index in [9.17, 15) is 8.42 Å². The molecule has 1 aromatic carbocycles. The Labute approximate surface area is 116 Å². The van der Waals surface area contributed by atoms with Crippen LogP contribution in [-0.4, -0.2) is 14.5 Å². The van der Waals surface area contributed by atoms with E-state index in [0.29, 0.717) is 0 Å². The summed E-state index contributed by atoms with van der Waals surface area (Å²) in [4.78, 5) is 0.116. The van der Waals surface area contributed by atoms with Gasteiger partial charge in [0.25, 0.3) is 0 Å². The van der Waals surface area contributed by atoms with Crippen molar-refractivity contribution in [2.45, 2.75) is 37.6 Å². The Bertz CT molecular complexity index is 490. The van der Waals surface area contributed by atoms with Gasteiger partial charge in [0, 0.05) is 10.5 Å². The summed E-state index contributed by atoms with van der Waals surface area (Å²) in [5.41, 5.74) is 0. The molecular weight excluding hydrogens is 326 g/mol. The minimum absolute atomic E-state index is 0.0929. The van der Waals surface area contributed by atoms with E-state index in [0.717, 1.165) is 17.3 Å². The maximum atomic E-state index is 12.0. The van der Waals surface area contributed by atoms with Crippen molar-refractivity contribution in [2.24, 2.45) is 0 Å². The Kier molecular flexibility index (Phi) is 5.44. The summed E-state index contributed by atoms with van der Waals surface area (Å²) in [6, 6.07) is 4.63. The molecule has 0 amide bonds. The average Bonchev–Trinajstić information content (AvgIpc) is 2.15. The van der Waals surface area contributed by atoms with Gasteiger partial charge in [-0.05, 0) is 31.5 Å². The van der Waals surface area contributed by atoms with E-state index in [1.54, 1.807) is 12.1 Å². The number of hydrogen-bond donors (Lipinski definition) is 1. The molecule has 0 aliphatic rings. The highest BCUT2D eigenvalue weighted by Crippen LogP contribution is 2.25. The third-order valence-corrected chi connectivity index (χ3v) is 4.83. The normalized spacial score (nSPS) is 13.6. The van der Waals surface area contributed by atoms with Crippen molar-refractivity contribution in [2.75, 3.05) is 0 Å². The maximum Gasteiger partial charge on any atom is 0.242 e. The highest BCUT2D eigenvalue weighted by molar-refractivity contribution is 9.10. The van der Waals surface area contributed by atoms with Gasteiger partial charge in [-0.3, -0.25) is 0 Å². The summed E-state index contributed by atoms with van der Waals surface area (Å²) in [5.74, 6) is 0. The SMILES string of the molecule is CCCC(C)NS(=O)(=O)c1ccc(Br)cc1Cl. The summed E-state index contributed by atoms with van der Waals surface area (Å²) in [7, 11) is -3.53. The van der Waals surface area contributed by atoms with Crippen LogP contribution in [0.5, 0.6) is 0 Å². The van der Waals surface area contributed by atoms with Gasteiger partial charge in [0.1, 0.15) is 4.90 Å². The molecule has 6 heteroatoms. The van der Waals surface area contributed by atoms with Gasteiger partial charge in [-0.15, -0.1) is 0 Å². The quantitative estimate of drug-likeness (QED) is 0.890. The first kappa shape index (κ1) is 15.0. The van der Waals surface area contributed by atoms with Gasteiger partial charge in [-0.2, -0.15) is 0 Å². The summed E-state index contributed by atoms with van der Waals surface area (Å²) in [5, 5.41) is 0.218. The van der Waals surface area contributed by atoms with Gasteiger partial charge < -0.3 is 0 Å². The van der Waals surface area contributed by atoms with E-state index in [1.807, 2.05) is 13.8 Å². The van der Waals surface area contributed by atoms with Crippen molar-refractivity contribution in [1.82, 2.24) is 4.72 Å². The van der Waals surface area contributed by atoms with Crippen molar-refractivity contribution >= 4 is 37.6 Å². The molecule has 0 radical (unpaired) electrons. The number of hydrogen-bond acceptors (Lipinski definition) is 2. The first-order valence-corrected chi connectivity index (χ1v) is 7.99. The fourth-order valence-electron chi connectivity index (χ4n) is 1.51. The molecule has 1 atom stereocenters. The Balaban J connectivity index is 2.97. The van der Waals surface area contributed by atoms with Gasteiger partial charge in [0.05, 0.1) is 5.02 Å². The lowest BCUT2D eigenvalue weighted by Crippen LogP contribution is -2.32. The topological polar surface area (TPSA) is 46.2 Å². The molecule has 96 valence electrons. The van der Waals surface area contributed by atoms with Gasteiger partial charge in [0.15, 0.2) is 0 Å². The third-order valence-electron chi connectivity index (χ3n) is 2.26. The van der Waals surface area contributed by atoms with Gasteiger partial charge >= 0.3 is 0 Å². The Morgan fingerprint density at radius 1 is 1.47 bits per heavy atom. The summed E-state index contributed by atoms with van der Waals surface area (Å²) >= 11 is 9.16. The lowest BCUT2D eigenvalue weighted by Gasteiger charge is -2.14. The minimum atomic E-state index is -3.53. The monoisotopic (exact) mass is 339 g/mol. The Morgan fingerprint density at radius 2 is 2.12 bits per heavy atom. The van der Waals surface area contributed by atoms with Crippen LogP contribution in [0.1, 0.15) is 26.7 Å². The molecule has 1 aromatic rings. The lowest BCUT2D eigenvalue weighted by molar-refractivity contribution is 0.544. The van der Waals surface area contributed by atoms with E-state index in [-0.39, 0.29) is 16.0 Å². The molecule has 0 saturated heterocycles. The molecule has 0 aromatic heterocycles. The number of rotatable bonds is 5. The van der Waals surface area contributed by atoms with E-state index in [4.69, 9.17) is 11.6 Å². The van der Waals surface area contributed by atoms with Gasteiger partial charge in [-0.25, -0.2) is 13.1 Å². The molecule has 0 fully saturated rings. The molecule has 0 saturated carbocycles. The zero-order chi connectivity index (χ0) is 13.1. The molecule has 0 spiro atoms. The predicted octanol–water partition coefficient (Wildman–Crippen LogP) is 3.57. The van der Waals surface area contributed by atoms with Crippen LogP contribution in [0, 0.1) is 0 Å². The van der Waals surface area contributed by atoms with Crippen molar-refractivity contribution in [1.29, 1.82) is 0 Å². The molecule has 3 nitrogen and oxygen atoms in total. The van der Waals surface area contributed by atoms with Crippen LogP contribution >= 0.6 is 27.5 Å². The van der Waals surface area contributed by atoms with Crippen molar-refractivity contribution < 1.29 is 8.42 Å². The highest BCUT2D eigenvalue weighted by atomic mass is 79.9. The summed E-state index contributed by atoms with van der Waals surface area (Å²) < 4.78 is 27.4. The fraction of sp³-hybridized carbons (Fsp3) is 0.455. The second-order valence-corrected chi connectivity index (χ2v) is 6.89. The standard InChI is InChI=1S/C11H15BrClNO2S/c1-3-4-8(2)14-17(15,16)11-6-5-9(12)7-10(11)13/h5-8,14H,3-4H2,1-2H3. The van der Waals surface area contributed by atoms with Crippen LogP contribution in [0.4, 0.5) is 0 Å². The largest absolute Gasteiger partial charge is 0.242 e. The van der Waals surface area contributed by atoms with Crippen LogP contribution in [0.25, 0.3) is 0 Å². The molecule has 1 unspecified atom stereocenters. The molecular formula is C11H15BrClNO2S. The Morgan fingerprint density at radius 3 is 2.65 bits per heavy atom. The van der Waals surface area contributed by atoms with Crippen molar-refractivity contribution in [3.8, 4) is 0 Å². The zero-order valence-electron chi connectivity index (χ0n) is 9.70. The zero-order valence-corrected chi connectivity index (χ0v) is 12.9. The summed E-state index contributed by atoms with van der Waals surface area (Å²) in [6.45, 7) is 3.85. The predicted molar refractivity (Wildman–Crippen MR) is 73.8 cm³/mol. The molecule has 1 rings (SSSR count). The summed E-state index contributed by atoms with van der Waals surface area (Å²) in [6.07, 6.45) is 1.73. The van der Waals surface area contributed by atoms with Crippen molar-refractivity contribution in [3.63, 3.8) is 0 Å². The minimum Gasteiger partial charge on any atom is -0.208 e. The van der Waals surface area contributed by atoms with Crippen LogP contribution in [-0.2, 0) is 10.0 Å². The highest BCUT2D eigenvalue weighted by Gasteiger charge is 2.19. The van der Waals surface area contributed by atoms with Crippen molar-refractivity contribution in [3.05, 3.63) is 27.7 Å². The molecule has 1 N–H and O–H groups in total. The molecule has 0 aliphatic heterocycles. The number of halogens is 2. The number of nitrogens with one attached hydrogen (secondary N) is 1. The smallest absolute Gasteiger partial charge is 0.208 e. The van der Waals surface area contributed by atoms with Crippen LogP contribution < -0.4 is 4.72 Å². The van der Waals surface area contributed by atoms with Gasteiger partial charge in [-0.1, -0.05) is 40.9 Å². The van der Waals surface area contributed by atoms with E-state index in [1.165, 1.54) is 6.07 Å². The number of benzene rings is 1. The van der Waals surface area contributed by atoms with Gasteiger partial charge in [0.2, 0.25) is 10.0 Å². The first-order valence-electron chi connectivity index (χ1n) is 5.34. The molecule has 17 heavy (non-hydrogen) atoms. The van der Waals surface area contributed by atoms with E-state index >= 15 is 0 Å². The molecule has 0 aliphatic carbocycles. The van der Waals surface area contributed by atoms with E-state index < -0.39 is 10.0 Å². The van der Waals surface area contributed by atoms with Crippen LogP contribution in [0.15, 0.2) is 27.6 Å². The van der Waals surface area contributed by atoms with E-state index in [2.05, 4.69) is 20.7 Å². The maximum absolute atomic E-state index is 12.0. The fourth-order valence-corrected chi connectivity index (χ4v) is 3.83. The number of sulfonamides is 1. The van der Waals surface area contributed by atoms with Crippen LogP contribution in [0.2, 0.25) is 5.02 Å². The van der Waals surface area contributed by atoms with Crippen LogP contribution in [0.3, 0.4) is 0 Å². The first-order chi connectivity index (χ1) is 7.86. The molecule has 0 bridgehead atoms. The second-order valence-electron chi connectivity index (χ2n) is 3.89. The average molecular weight is 341 g/mol. The Hall–Kier alpha value is -0.100. The third kappa shape index (κ3) is 4.25.